The van der Waals surface area contributed by atoms with Gasteiger partial charge in [0.05, 0.1) is 23.5 Å². The molecule has 9 heteroatoms. The zero-order chi connectivity index (χ0) is 23.1. The molecule has 2 aliphatic rings. The van der Waals surface area contributed by atoms with Crippen LogP contribution in [0.3, 0.4) is 0 Å². The number of hydrogen-bond donors (Lipinski definition) is 1. The summed E-state index contributed by atoms with van der Waals surface area (Å²) < 4.78 is 33.0. The average molecular weight is 459 g/mol. The first-order valence-corrected chi connectivity index (χ1v) is 12.4. The van der Waals surface area contributed by atoms with E-state index in [1.165, 1.54) is 15.9 Å². The fourth-order valence-electron chi connectivity index (χ4n) is 4.61. The van der Waals surface area contributed by atoms with E-state index in [1.807, 2.05) is 32.1 Å². The van der Waals surface area contributed by atoms with Crippen LogP contribution < -0.4 is 9.04 Å². The van der Waals surface area contributed by atoms with Crippen LogP contribution in [0.25, 0.3) is 0 Å². The second-order valence-electron chi connectivity index (χ2n) is 8.98. The number of aryl methyl sites for hydroxylation is 1. The number of anilines is 1. The predicted octanol–water partition coefficient (Wildman–Crippen LogP) is 3.36. The molecule has 2 aromatic rings. The van der Waals surface area contributed by atoms with Gasteiger partial charge in [0.2, 0.25) is 0 Å². The molecule has 4 rings (SSSR count). The summed E-state index contributed by atoms with van der Waals surface area (Å²) in [6.07, 6.45) is 6.21. The number of ether oxygens (including phenoxy) is 1. The highest BCUT2D eigenvalue weighted by Gasteiger charge is 2.50. The molecule has 1 N–H and O–H groups in total. The van der Waals surface area contributed by atoms with Crippen LogP contribution in [0, 0.1) is 6.92 Å². The number of likely N-dealkylation sites (tertiary alicyclic amines) is 1. The molecule has 0 aliphatic carbocycles. The molecule has 1 saturated heterocycles. The molecule has 0 saturated carbocycles. The van der Waals surface area contributed by atoms with Crippen molar-refractivity contribution in [2.24, 2.45) is 0 Å². The number of rotatable bonds is 5. The topological polar surface area (TPSA) is 95.9 Å². The van der Waals surface area contributed by atoms with Gasteiger partial charge in [0.15, 0.2) is 17.3 Å². The van der Waals surface area contributed by atoms with Gasteiger partial charge >= 0.3 is 0 Å². The second kappa shape index (κ2) is 8.37. The van der Waals surface area contributed by atoms with Crippen LogP contribution >= 0.6 is 0 Å². The van der Waals surface area contributed by atoms with E-state index in [4.69, 9.17) is 4.74 Å². The van der Waals surface area contributed by atoms with E-state index in [2.05, 4.69) is 21.8 Å². The lowest BCUT2D eigenvalue weighted by Crippen LogP contribution is -2.56. The van der Waals surface area contributed by atoms with Crippen LogP contribution in [-0.2, 0) is 16.6 Å². The Hall–Kier alpha value is -2.65. The average Bonchev–Trinajstić information content (AvgIpc) is 2.96. The van der Waals surface area contributed by atoms with Crippen LogP contribution in [0.2, 0.25) is 0 Å². The van der Waals surface area contributed by atoms with Crippen molar-refractivity contribution < 1.29 is 18.3 Å². The Balaban J connectivity index is 1.54. The van der Waals surface area contributed by atoms with Gasteiger partial charge < -0.3 is 9.84 Å². The minimum atomic E-state index is -3.60. The maximum atomic E-state index is 12.9. The Labute approximate surface area is 189 Å². The molecule has 172 valence electrons. The Bertz CT molecular complexity index is 1130. The number of aromatic hydroxyl groups is 1. The van der Waals surface area contributed by atoms with E-state index in [1.54, 1.807) is 19.2 Å². The van der Waals surface area contributed by atoms with Crippen molar-refractivity contribution in [1.82, 2.24) is 14.9 Å². The van der Waals surface area contributed by atoms with Gasteiger partial charge in [0.1, 0.15) is 0 Å². The quantitative estimate of drug-likeness (QED) is 0.734. The summed E-state index contributed by atoms with van der Waals surface area (Å²) in [5.41, 5.74) is 1.08. The Kier molecular flexibility index (Phi) is 5.89. The maximum absolute atomic E-state index is 12.9. The largest absolute Gasteiger partial charge is 0.504 e. The van der Waals surface area contributed by atoms with Crippen molar-refractivity contribution in [1.29, 1.82) is 0 Å². The number of benzene rings is 1. The Morgan fingerprint density at radius 3 is 2.78 bits per heavy atom. The number of nitrogens with zero attached hydrogens (tertiary/aromatic N) is 4. The first-order chi connectivity index (χ1) is 15.1. The molecule has 1 aromatic carbocycles. The number of sulfonamides is 1. The molecule has 0 radical (unpaired) electrons. The first-order valence-electron chi connectivity index (χ1n) is 10.9. The highest BCUT2D eigenvalue weighted by atomic mass is 32.2. The summed E-state index contributed by atoms with van der Waals surface area (Å²) in [6, 6.07) is 5.56. The highest BCUT2D eigenvalue weighted by molar-refractivity contribution is 7.96. The molecule has 0 unspecified atom stereocenters. The minimum absolute atomic E-state index is 0.0308. The molecule has 2 atom stereocenters. The molecular formula is C23H30N4O4S. The van der Waals surface area contributed by atoms with Crippen molar-refractivity contribution in [2.75, 3.05) is 10.8 Å². The van der Waals surface area contributed by atoms with E-state index in [0.29, 0.717) is 36.6 Å². The number of phenolic OH excluding ortho intramolecular Hbond substituents is 1. The monoisotopic (exact) mass is 458 g/mol. The van der Waals surface area contributed by atoms with E-state index in [0.717, 1.165) is 12.1 Å². The van der Waals surface area contributed by atoms with Crippen LogP contribution in [0.5, 0.6) is 11.5 Å². The van der Waals surface area contributed by atoms with Crippen LogP contribution in [0.4, 0.5) is 5.82 Å². The summed E-state index contributed by atoms with van der Waals surface area (Å²) >= 11 is 0. The van der Waals surface area contributed by atoms with Crippen molar-refractivity contribution in [3.63, 3.8) is 0 Å². The van der Waals surface area contributed by atoms with E-state index >= 15 is 0 Å². The lowest BCUT2D eigenvalue weighted by molar-refractivity contribution is 0.119. The molecule has 0 bridgehead atoms. The van der Waals surface area contributed by atoms with Gasteiger partial charge in [0, 0.05) is 30.7 Å². The van der Waals surface area contributed by atoms with Gasteiger partial charge in [-0.2, -0.15) is 0 Å². The summed E-state index contributed by atoms with van der Waals surface area (Å²) in [5.74, 6) is 0.974. The van der Waals surface area contributed by atoms with Gasteiger partial charge in [-0.1, -0.05) is 6.07 Å². The van der Waals surface area contributed by atoms with Gasteiger partial charge in [0.25, 0.3) is 10.0 Å². The van der Waals surface area contributed by atoms with Crippen molar-refractivity contribution in [3.8, 4) is 11.5 Å². The van der Waals surface area contributed by atoms with Gasteiger partial charge in [-0.25, -0.2) is 17.7 Å². The van der Waals surface area contributed by atoms with Crippen LogP contribution in [-0.4, -0.2) is 52.6 Å². The first kappa shape index (κ1) is 22.5. The normalized spacial score (nSPS) is 25.0. The maximum Gasteiger partial charge on any atom is 0.259 e. The molecule has 0 amide bonds. The summed E-state index contributed by atoms with van der Waals surface area (Å²) in [6.45, 7) is 9.17. The van der Waals surface area contributed by atoms with Crippen molar-refractivity contribution >= 4 is 15.8 Å². The lowest BCUT2D eigenvalue weighted by atomic mass is 9.83. The minimum Gasteiger partial charge on any atom is -0.504 e. The zero-order valence-electron chi connectivity index (χ0n) is 18.9. The molecule has 8 nitrogen and oxygen atoms in total. The Morgan fingerprint density at radius 1 is 1.31 bits per heavy atom. The number of phenols is 1. The van der Waals surface area contributed by atoms with Crippen molar-refractivity contribution in [3.05, 3.63) is 53.3 Å². The summed E-state index contributed by atoms with van der Waals surface area (Å²) in [7, 11) is -3.60. The second-order valence-corrected chi connectivity index (χ2v) is 10.6. The zero-order valence-corrected chi connectivity index (χ0v) is 19.7. The predicted molar refractivity (Wildman–Crippen MR) is 123 cm³/mol. The van der Waals surface area contributed by atoms with Gasteiger partial charge in [-0.05, 0) is 64.3 Å². The molecule has 1 spiro atoms. The fourth-order valence-corrected chi connectivity index (χ4v) is 6.24. The Morgan fingerprint density at radius 2 is 2.09 bits per heavy atom. The van der Waals surface area contributed by atoms with Crippen LogP contribution in [0.15, 0.2) is 42.1 Å². The third-order valence-corrected chi connectivity index (χ3v) is 7.58. The van der Waals surface area contributed by atoms with E-state index in [-0.39, 0.29) is 17.9 Å². The SMILES string of the molecule is Cc1cncc(N2[C@]3(C=CS2(=O)=O)CCN(Cc2ccc(O)c(OC(C)C)c2)[C@@H](C)C3)n1. The van der Waals surface area contributed by atoms with E-state index < -0.39 is 15.6 Å². The molecule has 1 fully saturated rings. The third-order valence-electron chi connectivity index (χ3n) is 6.04. The molecule has 1 aromatic heterocycles. The smallest absolute Gasteiger partial charge is 0.259 e. The third kappa shape index (κ3) is 4.31. The lowest BCUT2D eigenvalue weighted by Gasteiger charge is -2.46. The summed E-state index contributed by atoms with van der Waals surface area (Å²) in [4.78, 5) is 10.9. The van der Waals surface area contributed by atoms with Crippen molar-refractivity contribution in [2.45, 2.75) is 64.8 Å². The molecule has 3 heterocycles. The molecule has 32 heavy (non-hydrogen) atoms. The fraction of sp³-hybridized carbons (Fsp3) is 0.478. The van der Waals surface area contributed by atoms with Gasteiger partial charge in [-0.3, -0.25) is 9.88 Å². The summed E-state index contributed by atoms with van der Waals surface area (Å²) in [5, 5.41) is 11.4. The van der Waals surface area contributed by atoms with E-state index in [9.17, 15) is 13.5 Å². The number of piperidine rings is 1. The van der Waals surface area contributed by atoms with Crippen LogP contribution in [0.1, 0.15) is 44.9 Å². The number of aromatic nitrogens is 2. The standard InChI is InChI=1S/C23H30N4O4S/c1-16(2)31-21-11-19(5-6-20(21)28)15-26-9-7-23(12-18(26)4)8-10-32(29,30)27(23)22-14-24-13-17(3)25-22/h5-6,8,10-11,13-14,16,18,28H,7,9,12,15H2,1-4H3/t18-,23-/m0/s1. The molecule has 2 aliphatic heterocycles. The molecular weight excluding hydrogens is 428 g/mol. The highest BCUT2D eigenvalue weighted by Crippen LogP contribution is 2.43. The number of hydrogen-bond acceptors (Lipinski definition) is 7. The van der Waals surface area contributed by atoms with Gasteiger partial charge in [-0.15, -0.1) is 0 Å².